The van der Waals surface area contributed by atoms with E-state index in [4.69, 9.17) is 9.47 Å². The van der Waals surface area contributed by atoms with E-state index in [9.17, 15) is 0 Å². The van der Waals surface area contributed by atoms with Crippen LogP contribution in [0.25, 0.3) is 0 Å². The van der Waals surface area contributed by atoms with E-state index < -0.39 is 0 Å². The van der Waals surface area contributed by atoms with Crippen LogP contribution in [0.1, 0.15) is 12.8 Å². The molecule has 0 spiro atoms. The van der Waals surface area contributed by atoms with Gasteiger partial charge >= 0.3 is 0 Å². The summed E-state index contributed by atoms with van der Waals surface area (Å²) < 4.78 is 10.7. The zero-order valence-electron chi connectivity index (χ0n) is 9.06. The molecule has 15 heavy (non-hydrogen) atoms. The molecule has 0 aliphatic heterocycles. The molecule has 0 aromatic carbocycles. The molecule has 0 amide bonds. The standard InChI is InChI=1S/C11H16N2O2/c1-12-8-5-10(6-8)15-11-4-3-9(14-2)7-13-11/h3-4,7-8,10,12H,5-6H2,1-2H3. The molecule has 0 bridgehead atoms. The van der Waals surface area contributed by atoms with Gasteiger partial charge in [-0.15, -0.1) is 0 Å². The fourth-order valence-electron chi connectivity index (χ4n) is 1.63. The minimum Gasteiger partial charge on any atom is -0.495 e. The van der Waals surface area contributed by atoms with Gasteiger partial charge in [0.15, 0.2) is 0 Å². The van der Waals surface area contributed by atoms with E-state index in [1.807, 2.05) is 19.2 Å². The molecule has 1 aliphatic carbocycles. The maximum atomic E-state index is 5.68. The highest BCUT2D eigenvalue weighted by Crippen LogP contribution is 2.25. The second kappa shape index (κ2) is 4.49. The fourth-order valence-corrected chi connectivity index (χ4v) is 1.63. The van der Waals surface area contributed by atoms with Crippen LogP contribution in [0.2, 0.25) is 0 Å². The summed E-state index contributed by atoms with van der Waals surface area (Å²) in [4.78, 5) is 4.15. The third-order valence-electron chi connectivity index (χ3n) is 2.74. The normalized spacial score (nSPS) is 24.4. The number of pyridine rings is 1. The first-order valence-electron chi connectivity index (χ1n) is 5.16. The zero-order valence-corrected chi connectivity index (χ0v) is 9.06. The van der Waals surface area contributed by atoms with Gasteiger partial charge in [0.2, 0.25) is 5.88 Å². The third kappa shape index (κ3) is 2.39. The molecule has 1 fully saturated rings. The average Bonchev–Trinajstić information content (AvgIpc) is 2.23. The van der Waals surface area contributed by atoms with Crippen molar-refractivity contribution in [3.63, 3.8) is 0 Å². The van der Waals surface area contributed by atoms with Crippen molar-refractivity contribution in [3.8, 4) is 11.6 Å². The Morgan fingerprint density at radius 2 is 2.20 bits per heavy atom. The third-order valence-corrected chi connectivity index (χ3v) is 2.74. The van der Waals surface area contributed by atoms with Crippen molar-refractivity contribution in [1.82, 2.24) is 10.3 Å². The highest BCUT2D eigenvalue weighted by molar-refractivity contribution is 5.22. The van der Waals surface area contributed by atoms with Crippen LogP contribution in [0.3, 0.4) is 0 Å². The fraction of sp³-hybridized carbons (Fsp3) is 0.545. The Hall–Kier alpha value is -1.29. The van der Waals surface area contributed by atoms with Crippen LogP contribution in [-0.2, 0) is 0 Å². The lowest BCUT2D eigenvalue weighted by atomic mass is 9.89. The second-order valence-corrected chi connectivity index (χ2v) is 3.73. The molecular weight excluding hydrogens is 192 g/mol. The molecule has 1 N–H and O–H groups in total. The van der Waals surface area contributed by atoms with Crippen molar-refractivity contribution in [1.29, 1.82) is 0 Å². The number of aromatic nitrogens is 1. The van der Waals surface area contributed by atoms with E-state index in [2.05, 4.69) is 10.3 Å². The predicted octanol–water partition coefficient (Wildman–Crippen LogP) is 1.22. The lowest BCUT2D eigenvalue weighted by molar-refractivity contribution is 0.0838. The second-order valence-electron chi connectivity index (χ2n) is 3.73. The Kier molecular flexibility index (Phi) is 3.06. The Bertz CT molecular complexity index is 307. The van der Waals surface area contributed by atoms with Crippen LogP contribution in [0.15, 0.2) is 18.3 Å². The van der Waals surface area contributed by atoms with Gasteiger partial charge in [-0.25, -0.2) is 4.98 Å². The molecule has 1 saturated carbocycles. The van der Waals surface area contributed by atoms with Gasteiger partial charge in [-0.3, -0.25) is 0 Å². The zero-order chi connectivity index (χ0) is 10.7. The largest absolute Gasteiger partial charge is 0.495 e. The van der Waals surface area contributed by atoms with Gasteiger partial charge in [-0.1, -0.05) is 0 Å². The van der Waals surface area contributed by atoms with Crippen molar-refractivity contribution >= 4 is 0 Å². The quantitative estimate of drug-likeness (QED) is 0.808. The molecular formula is C11H16N2O2. The highest BCUT2D eigenvalue weighted by Gasteiger charge is 2.29. The highest BCUT2D eigenvalue weighted by atomic mass is 16.5. The van der Waals surface area contributed by atoms with Crippen molar-refractivity contribution in [3.05, 3.63) is 18.3 Å². The van der Waals surface area contributed by atoms with Crippen molar-refractivity contribution in [2.75, 3.05) is 14.2 Å². The Morgan fingerprint density at radius 1 is 1.40 bits per heavy atom. The van der Waals surface area contributed by atoms with Gasteiger partial charge in [0, 0.05) is 12.1 Å². The summed E-state index contributed by atoms with van der Waals surface area (Å²) >= 11 is 0. The average molecular weight is 208 g/mol. The van der Waals surface area contributed by atoms with Crippen LogP contribution in [0.5, 0.6) is 11.6 Å². The Morgan fingerprint density at radius 3 is 2.73 bits per heavy atom. The number of rotatable bonds is 4. The van der Waals surface area contributed by atoms with Crippen molar-refractivity contribution in [2.24, 2.45) is 0 Å². The van der Waals surface area contributed by atoms with Gasteiger partial charge in [0.25, 0.3) is 0 Å². The molecule has 4 heteroatoms. The van der Waals surface area contributed by atoms with Gasteiger partial charge in [-0.2, -0.15) is 0 Å². The summed E-state index contributed by atoms with van der Waals surface area (Å²) in [5, 5.41) is 3.21. The minimum atomic E-state index is 0.309. The molecule has 1 aromatic rings. The maximum Gasteiger partial charge on any atom is 0.213 e. The van der Waals surface area contributed by atoms with Crippen LogP contribution in [-0.4, -0.2) is 31.3 Å². The summed E-state index contributed by atoms with van der Waals surface area (Å²) in [6.45, 7) is 0. The molecule has 1 aliphatic rings. The molecule has 0 atom stereocenters. The Labute approximate surface area is 89.6 Å². The van der Waals surface area contributed by atoms with Crippen LogP contribution in [0, 0.1) is 0 Å². The van der Waals surface area contributed by atoms with Gasteiger partial charge in [-0.05, 0) is 26.0 Å². The molecule has 0 radical (unpaired) electrons. The smallest absolute Gasteiger partial charge is 0.213 e. The van der Waals surface area contributed by atoms with Gasteiger partial charge < -0.3 is 14.8 Å². The van der Waals surface area contributed by atoms with Crippen molar-refractivity contribution < 1.29 is 9.47 Å². The number of hydrogen-bond acceptors (Lipinski definition) is 4. The first-order valence-corrected chi connectivity index (χ1v) is 5.16. The molecule has 82 valence electrons. The van der Waals surface area contributed by atoms with E-state index >= 15 is 0 Å². The lowest BCUT2D eigenvalue weighted by Gasteiger charge is -2.34. The Balaban J connectivity index is 1.84. The topological polar surface area (TPSA) is 43.4 Å². The van der Waals surface area contributed by atoms with E-state index in [0.29, 0.717) is 18.0 Å². The van der Waals surface area contributed by atoms with E-state index in [1.165, 1.54) is 0 Å². The number of methoxy groups -OCH3 is 1. The number of nitrogens with zero attached hydrogens (tertiary/aromatic N) is 1. The SMILES string of the molecule is CNC1CC(Oc2ccc(OC)cn2)C1. The molecule has 4 nitrogen and oxygen atoms in total. The van der Waals surface area contributed by atoms with E-state index in [1.54, 1.807) is 13.3 Å². The summed E-state index contributed by atoms with van der Waals surface area (Å²) in [7, 11) is 3.60. The van der Waals surface area contributed by atoms with Crippen LogP contribution in [0.4, 0.5) is 0 Å². The van der Waals surface area contributed by atoms with Crippen LogP contribution < -0.4 is 14.8 Å². The minimum absolute atomic E-state index is 0.309. The van der Waals surface area contributed by atoms with E-state index in [0.717, 1.165) is 18.6 Å². The molecule has 0 unspecified atom stereocenters. The molecule has 1 heterocycles. The van der Waals surface area contributed by atoms with E-state index in [-0.39, 0.29) is 0 Å². The first kappa shape index (κ1) is 10.2. The maximum absolute atomic E-state index is 5.68. The summed E-state index contributed by atoms with van der Waals surface area (Å²) in [6.07, 6.45) is 4.10. The van der Waals surface area contributed by atoms with Crippen LogP contribution >= 0.6 is 0 Å². The summed E-state index contributed by atoms with van der Waals surface area (Å²) in [5.41, 5.74) is 0. The van der Waals surface area contributed by atoms with Crippen molar-refractivity contribution in [2.45, 2.75) is 25.0 Å². The number of nitrogens with one attached hydrogen (secondary N) is 1. The van der Waals surface area contributed by atoms with Gasteiger partial charge in [0.05, 0.1) is 13.3 Å². The predicted molar refractivity (Wildman–Crippen MR) is 57.3 cm³/mol. The molecule has 1 aromatic heterocycles. The summed E-state index contributed by atoms with van der Waals surface area (Å²) in [6, 6.07) is 4.30. The molecule has 0 saturated heterocycles. The number of hydrogen-bond donors (Lipinski definition) is 1. The lowest BCUT2D eigenvalue weighted by Crippen LogP contribution is -2.45. The number of ether oxygens (including phenoxy) is 2. The monoisotopic (exact) mass is 208 g/mol. The summed E-state index contributed by atoms with van der Waals surface area (Å²) in [5.74, 6) is 1.43. The molecule has 2 rings (SSSR count). The van der Waals surface area contributed by atoms with Gasteiger partial charge in [0.1, 0.15) is 11.9 Å². The first-order chi connectivity index (χ1) is 7.31.